The fourth-order valence-corrected chi connectivity index (χ4v) is 3.54. The normalized spacial score (nSPS) is 14.2. The molecule has 0 aliphatic carbocycles. The van der Waals surface area contributed by atoms with Crippen LogP contribution in [0.3, 0.4) is 0 Å². The van der Waals surface area contributed by atoms with E-state index in [2.05, 4.69) is 39.6 Å². The van der Waals surface area contributed by atoms with Crippen LogP contribution >= 0.6 is 0 Å². The molecule has 0 unspecified atom stereocenters. The van der Waals surface area contributed by atoms with Crippen molar-refractivity contribution in [3.8, 4) is 5.82 Å². The van der Waals surface area contributed by atoms with E-state index < -0.39 is 0 Å². The maximum absolute atomic E-state index is 12.6. The summed E-state index contributed by atoms with van der Waals surface area (Å²) in [7, 11) is 1.84. The summed E-state index contributed by atoms with van der Waals surface area (Å²) in [6.45, 7) is 3.46. The largest absolute Gasteiger partial charge is 0.351 e. The van der Waals surface area contributed by atoms with E-state index in [0.717, 1.165) is 31.9 Å². The highest BCUT2D eigenvalue weighted by Crippen LogP contribution is 2.18. The topological polar surface area (TPSA) is 55.1 Å². The van der Waals surface area contributed by atoms with Crippen LogP contribution in [-0.4, -0.2) is 44.8 Å². The Labute approximate surface area is 153 Å². The molecule has 0 saturated heterocycles. The van der Waals surface area contributed by atoms with Gasteiger partial charge in [0.1, 0.15) is 11.4 Å². The number of benzene rings is 1. The number of nitrogens with one attached hydrogen (secondary N) is 1. The number of carbonyl (C=O) groups excluding carboxylic acids is 1. The molecule has 3 aromatic rings. The quantitative estimate of drug-likeness (QED) is 0.766. The molecule has 1 amide bonds. The minimum absolute atomic E-state index is 0.0841. The summed E-state index contributed by atoms with van der Waals surface area (Å²) in [5.41, 5.74) is 3.43. The average molecular weight is 349 g/mol. The number of rotatable bonds is 5. The second kappa shape index (κ2) is 7.17. The van der Waals surface area contributed by atoms with E-state index >= 15 is 0 Å². The van der Waals surface area contributed by atoms with Gasteiger partial charge in [0.25, 0.3) is 5.91 Å². The Hall–Kier alpha value is -2.86. The van der Waals surface area contributed by atoms with E-state index in [1.54, 1.807) is 10.9 Å². The third kappa shape index (κ3) is 3.28. The zero-order valence-electron chi connectivity index (χ0n) is 14.9. The molecular formula is C20H23N5O. The van der Waals surface area contributed by atoms with E-state index in [4.69, 9.17) is 0 Å². The number of nitrogens with zero attached hydrogens (tertiary/aromatic N) is 4. The van der Waals surface area contributed by atoms with Crippen molar-refractivity contribution in [2.45, 2.75) is 13.0 Å². The summed E-state index contributed by atoms with van der Waals surface area (Å²) < 4.78 is 3.62. The number of amides is 1. The highest BCUT2D eigenvalue weighted by atomic mass is 16.1. The maximum Gasteiger partial charge on any atom is 0.256 e. The number of hydrogen-bond acceptors (Lipinski definition) is 3. The number of aromatic nitrogens is 3. The predicted octanol–water partition coefficient (Wildman–Crippen LogP) is 2.00. The van der Waals surface area contributed by atoms with Crippen molar-refractivity contribution in [1.82, 2.24) is 24.6 Å². The lowest BCUT2D eigenvalue weighted by Gasteiger charge is -2.28. The van der Waals surface area contributed by atoms with Gasteiger partial charge in [-0.05, 0) is 29.7 Å². The van der Waals surface area contributed by atoms with Crippen molar-refractivity contribution in [3.63, 3.8) is 0 Å². The van der Waals surface area contributed by atoms with Crippen molar-refractivity contribution >= 4 is 5.91 Å². The van der Waals surface area contributed by atoms with Crippen LogP contribution in [0.1, 0.15) is 21.5 Å². The highest BCUT2D eigenvalue weighted by molar-refractivity contribution is 5.97. The van der Waals surface area contributed by atoms with E-state index in [0.29, 0.717) is 12.1 Å². The summed E-state index contributed by atoms with van der Waals surface area (Å²) in [6, 6.07) is 12.5. The molecule has 0 spiro atoms. The van der Waals surface area contributed by atoms with Gasteiger partial charge in [0, 0.05) is 45.6 Å². The molecule has 0 radical (unpaired) electrons. The van der Waals surface area contributed by atoms with Gasteiger partial charge in [-0.25, -0.2) is 0 Å². The lowest BCUT2D eigenvalue weighted by molar-refractivity contribution is 0.0947. The van der Waals surface area contributed by atoms with Gasteiger partial charge in [0.05, 0.1) is 6.20 Å². The van der Waals surface area contributed by atoms with Crippen molar-refractivity contribution in [1.29, 1.82) is 0 Å². The van der Waals surface area contributed by atoms with Crippen LogP contribution in [0, 0.1) is 0 Å². The molecule has 0 bridgehead atoms. The molecular weight excluding hydrogens is 326 g/mol. The molecule has 134 valence electrons. The smallest absolute Gasteiger partial charge is 0.256 e. The number of aryl methyl sites for hydroxylation is 1. The Bertz CT molecular complexity index is 897. The first-order valence-electron chi connectivity index (χ1n) is 8.95. The van der Waals surface area contributed by atoms with Gasteiger partial charge in [-0.1, -0.05) is 24.3 Å². The molecule has 6 heteroatoms. The summed E-state index contributed by atoms with van der Waals surface area (Å²) in [6.07, 6.45) is 6.53. The Morgan fingerprint density at radius 3 is 2.73 bits per heavy atom. The van der Waals surface area contributed by atoms with Crippen LogP contribution in [-0.2, 0) is 20.0 Å². The van der Waals surface area contributed by atoms with Gasteiger partial charge < -0.3 is 9.88 Å². The Morgan fingerprint density at radius 1 is 1.15 bits per heavy atom. The molecule has 0 saturated carbocycles. The molecule has 0 fully saturated rings. The molecule has 26 heavy (non-hydrogen) atoms. The first-order valence-corrected chi connectivity index (χ1v) is 8.95. The monoisotopic (exact) mass is 349 g/mol. The highest BCUT2D eigenvalue weighted by Gasteiger charge is 2.18. The second-order valence-corrected chi connectivity index (χ2v) is 6.65. The lowest BCUT2D eigenvalue weighted by Crippen LogP contribution is -2.38. The van der Waals surface area contributed by atoms with Crippen molar-refractivity contribution < 1.29 is 4.79 Å². The third-order valence-corrected chi connectivity index (χ3v) is 4.92. The van der Waals surface area contributed by atoms with Crippen LogP contribution in [0.4, 0.5) is 0 Å². The van der Waals surface area contributed by atoms with Crippen LogP contribution in [0.15, 0.2) is 55.0 Å². The predicted molar refractivity (Wildman–Crippen MR) is 100 cm³/mol. The fourth-order valence-electron chi connectivity index (χ4n) is 3.54. The van der Waals surface area contributed by atoms with Crippen LogP contribution < -0.4 is 5.32 Å². The molecule has 0 atom stereocenters. The SMILES string of the molecule is Cn1ncc(C(=O)NCCN2CCc3ccccc3C2)c1-n1cccc1. The van der Waals surface area contributed by atoms with Gasteiger partial charge >= 0.3 is 0 Å². The fraction of sp³-hybridized carbons (Fsp3) is 0.300. The summed E-state index contributed by atoms with van der Waals surface area (Å²) >= 11 is 0. The van der Waals surface area contributed by atoms with Gasteiger partial charge in [0.15, 0.2) is 0 Å². The standard InChI is InChI=1S/C20H23N5O/c1-23-20(25-10-4-5-11-25)18(14-22-23)19(26)21-9-13-24-12-8-16-6-2-3-7-17(16)15-24/h2-7,10-11,14H,8-9,12-13,15H2,1H3,(H,21,26). The van der Waals surface area contributed by atoms with Crippen LogP contribution in [0.2, 0.25) is 0 Å². The molecule has 2 aromatic heterocycles. The van der Waals surface area contributed by atoms with Gasteiger partial charge in [-0.2, -0.15) is 5.10 Å². The number of hydrogen-bond donors (Lipinski definition) is 1. The minimum atomic E-state index is -0.0841. The molecule has 1 aromatic carbocycles. The van der Waals surface area contributed by atoms with E-state index in [9.17, 15) is 4.79 Å². The van der Waals surface area contributed by atoms with Gasteiger partial charge in [-0.3, -0.25) is 14.4 Å². The number of carbonyl (C=O) groups is 1. The first kappa shape index (κ1) is 16.6. The van der Waals surface area contributed by atoms with E-state index in [1.165, 1.54) is 11.1 Å². The van der Waals surface area contributed by atoms with Gasteiger partial charge in [0.2, 0.25) is 0 Å². The molecule has 6 nitrogen and oxygen atoms in total. The second-order valence-electron chi connectivity index (χ2n) is 6.65. The maximum atomic E-state index is 12.6. The molecule has 1 aliphatic rings. The summed E-state index contributed by atoms with van der Waals surface area (Å²) in [4.78, 5) is 15.0. The minimum Gasteiger partial charge on any atom is -0.351 e. The lowest BCUT2D eigenvalue weighted by atomic mass is 10.00. The number of fused-ring (bicyclic) bond motifs is 1. The summed E-state index contributed by atoms with van der Waals surface area (Å²) in [5.74, 6) is 0.693. The van der Waals surface area contributed by atoms with Crippen molar-refractivity contribution in [2.24, 2.45) is 7.05 Å². The molecule has 1 N–H and O–H groups in total. The zero-order chi connectivity index (χ0) is 17.9. The van der Waals surface area contributed by atoms with E-state index in [1.807, 2.05) is 36.1 Å². The Morgan fingerprint density at radius 2 is 1.92 bits per heavy atom. The molecule has 1 aliphatic heterocycles. The molecule has 4 rings (SSSR count). The molecule has 3 heterocycles. The first-order chi connectivity index (χ1) is 12.7. The summed E-state index contributed by atoms with van der Waals surface area (Å²) in [5, 5.41) is 7.28. The van der Waals surface area contributed by atoms with Crippen molar-refractivity contribution in [2.75, 3.05) is 19.6 Å². The van der Waals surface area contributed by atoms with Crippen LogP contribution in [0.5, 0.6) is 0 Å². The third-order valence-electron chi connectivity index (χ3n) is 4.92. The van der Waals surface area contributed by atoms with Crippen LogP contribution in [0.25, 0.3) is 5.82 Å². The van der Waals surface area contributed by atoms with E-state index in [-0.39, 0.29) is 5.91 Å². The Kier molecular flexibility index (Phi) is 4.58. The van der Waals surface area contributed by atoms with Gasteiger partial charge in [-0.15, -0.1) is 0 Å². The average Bonchev–Trinajstić information content (AvgIpc) is 3.30. The Balaban J connectivity index is 1.36. The zero-order valence-corrected chi connectivity index (χ0v) is 14.9. The van der Waals surface area contributed by atoms with Crippen molar-refractivity contribution in [3.05, 3.63) is 71.7 Å².